The largest absolute Gasteiger partial charge is 0.495 e. The van der Waals surface area contributed by atoms with Gasteiger partial charge in [0.15, 0.2) is 0 Å². The number of aromatic nitrogens is 2. The maximum atomic E-state index is 5.77. The Bertz CT molecular complexity index is 1000. The van der Waals surface area contributed by atoms with Crippen molar-refractivity contribution in [1.29, 1.82) is 0 Å². The van der Waals surface area contributed by atoms with Crippen LogP contribution in [-0.2, 0) is 17.8 Å². The first-order valence-corrected chi connectivity index (χ1v) is 12.8. The van der Waals surface area contributed by atoms with Crippen LogP contribution in [-0.4, -0.2) is 47.9 Å². The molecule has 0 unspecified atom stereocenters. The normalized spacial score (nSPS) is 15.3. The van der Waals surface area contributed by atoms with Crippen LogP contribution in [0.2, 0.25) is 0 Å². The van der Waals surface area contributed by atoms with Gasteiger partial charge in [-0.3, -0.25) is 4.90 Å². The van der Waals surface area contributed by atoms with Crippen molar-refractivity contribution in [3.8, 4) is 16.3 Å². The smallest absolute Gasteiger partial charge is 0.143 e. The maximum Gasteiger partial charge on any atom is 0.143 e. The van der Waals surface area contributed by atoms with Crippen molar-refractivity contribution in [3.05, 3.63) is 35.5 Å². The molecule has 3 aromatic rings. The van der Waals surface area contributed by atoms with Crippen LogP contribution in [0, 0.1) is 5.92 Å². The zero-order valence-electron chi connectivity index (χ0n) is 20.0. The highest BCUT2D eigenvalue weighted by molar-refractivity contribution is 7.13. The second-order valence-corrected chi connectivity index (χ2v) is 10.1. The van der Waals surface area contributed by atoms with E-state index in [1.807, 2.05) is 0 Å². The average Bonchev–Trinajstić information content (AvgIpc) is 3.41. The minimum Gasteiger partial charge on any atom is -0.495 e. The summed E-state index contributed by atoms with van der Waals surface area (Å²) in [5, 5.41) is 4.54. The molecule has 174 valence electrons. The Balaban J connectivity index is 1.64. The third-order valence-corrected chi connectivity index (χ3v) is 7.65. The third-order valence-electron chi connectivity index (χ3n) is 6.72. The first-order valence-electron chi connectivity index (χ1n) is 11.9. The second-order valence-electron chi connectivity index (χ2n) is 9.26. The van der Waals surface area contributed by atoms with E-state index in [1.54, 1.807) is 25.6 Å². The molecule has 1 saturated carbocycles. The third kappa shape index (κ3) is 5.19. The number of hydrogen-bond acceptors (Lipinski definition) is 5. The molecule has 6 heteroatoms. The topological polar surface area (TPSA) is 39.5 Å². The van der Waals surface area contributed by atoms with Crippen LogP contribution in [0.5, 0.6) is 5.75 Å². The molecular weight excluding hydrogens is 418 g/mol. The number of rotatable bonds is 10. The lowest BCUT2D eigenvalue weighted by Crippen LogP contribution is -2.33. The van der Waals surface area contributed by atoms with Crippen molar-refractivity contribution >= 4 is 22.2 Å². The van der Waals surface area contributed by atoms with Crippen LogP contribution in [0.25, 0.3) is 21.5 Å². The van der Waals surface area contributed by atoms with Gasteiger partial charge in [0.05, 0.1) is 24.9 Å². The van der Waals surface area contributed by atoms with Crippen molar-refractivity contribution in [2.75, 3.05) is 27.4 Å². The van der Waals surface area contributed by atoms with E-state index in [-0.39, 0.29) is 0 Å². The lowest BCUT2D eigenvalue weighted by atomic mass is 9.89. The van der Waals surface area contributed by atoms with Gasteiger partial charge in [-0.25, -0.2) is 4.98 Å². The summed E-state index contributed by atoms with van der Waals surface area (Å²) < 4.78 is 13.5. The minimum absolute atomic E-state index is 0.456. The standard InChI is InChI=1S/C26H37N3O2S/c1-19(2)28(13-14-30-3)16-21-18-32-26(27-21)23-17-29(15-20-9-6-5-7-10-20)25-22(23)11-8-12-24(25)31-4/h8,11-12,17-20H,5-7,9-10,13-16H2,1-4H3. The van der Waals surface area contributed by atoms with E-state index >= 15 is 0 Å². The fourth-order valence-electron chi connectivity index (χ4n) is 4.89. The van der Waals surface area contributed by atoms with E-state index in [1.165, 1.54) is 48.6 Å². The number of ether oxygens (including phenoxy) is 2. The molecule has 1 aliphatic rings. The van der Waals surface area contributed by atoms with Crippen LogP contribution < -0.4 is 4.74 Å². The molecule has 0 atom stereocenters. The number of para-hydroxylation sites is 1. The summed E-state index contributed by atoms with van der Waals surface area (Å²) in [7, 11) is 3.53. The summed E-state index contributed by atoms with van der Waals surface area (Å²) in [6.07, 6.45) is 9.08. The highest BCUT2D eigenvalue weighted by Gasteiger charge is 2.21. The van der Waals surface area contributed by atoms with Crippen molar-refractivity contribution in [1.82, 2.24) is 14.5 Å². The summed E-state index contributed by atoms with van der Waals surface area (Å²) >= 11 is 1.74. The molecule has 2 heterocycles. The first-order chi connectivity index (χ1) is 15.6. The van der Waals surface area contributed by atoms with Crippen molar-refractivity contribution in [2.24, 2.45) is 5.92 Å². The zero-order chi connectivity index (χ0) is 22.5. The number of thiazole rings is 1. The monoisotopic (exact) mass is 455 g/mol. The molecule has 0 radical (unpaired) electrons. The number of methoxy groups -OCH3 is 2. The average molecular weight is 456 g/mol. The van der Waals surface area contributed by atoms with E-state index in [4.69, 9.17) is 14.5 Å². The second kappa shape index (κ2) is 10.8. The van der Waals surface area contributed by atoms with Gasteiger partial charge in [-0.2, -0.15) is 0 Å². The van der Waals surface area contributed by atoms with E-state index in [0.29, 0.717) is 6.04 Å². The van der Waals surface area contributed by atoms with Gasteiger partial charge >= 0.3 is 0 Å². The van der Waals surface area contributed by atoms with Crippen LogP contribution in [0.3, 0.4) is 0 Å². The molecule has 5 nitrogen and oxygen atoms in total. The molecule has 0 amide bonds. The molecule has 1 aromatic carbocycles. The quantitative estimate of drug-likeness (QED) is 0.364. The molecule has 32 heavy (non-hydrogen) atoms. The molecular formula is C26H37N3O2S. The maximum absolute atomic E-state index is 5.77. The summed E-state index contributed by atoms with van der Waals surface area (Å²) in [5.74, 6) is 1.70. The van der Waals surface area contributed by atoms with Crippen LogP contribution in [0.4, 0.5) is 0 Å². The van der Waals surface area contributed by atoms with Crippen molar-refractivity contribution in [2.45, 2.75) is 65.1 Å². The van der Waals surface area contributed by atoms with Crippen LogP contribution >= 0.6 is 11.3 Å². The Kier molecular flexibility index (Phi) is 7.87. The summed E-state index contributed by atoms with van der Waals surface area (Å²) in [4.78, 5) is 7.47. The number of hydrogen-bond donors (Lipinski definition) is 0. The van der Waals surface area contributed by atoms with E-state index in [9.17, 15) is 0 Å². The summed E-state index contributed by atoms with van der Waals surface area (Å²) in [6, 6.07) is 6.84. The van der Waals surface area contributed by atoms with E-state index in [2.05, 4.69) is 53.1 Å². The number of fused-ring (bicyclic) bond motifs is 1. The van der Waals surface area contributed by atoms with Gasteiger partial charge in [0, 0.05) is 55.3 Å². The van der Waals surface area contributed by atoms with Gasteiger partial charge in [-0.05, 0) is 38.7 Å². The van der Waals surface area contributed by atoms with Gasteiger partial charge in [-0.15, -0.1) is 11.3 Å². The number of benzene rings is 1. The molecule has 0 bridgehead atoms. The fraction of sp³-hybridized carbons (Fsp3) is 0.577. The Morgan fingerprint density at radius 3 is 2.72 bits per heavy atom. The Labute approximate surface area is 196 Å². The van der Waals surface area contributed by atoms with Crippen LogP contribution in [0.1, 0.15) is 51.6 Å². The van der Waals surface area contributed by atoms with E-state index < -0.39 is 0 Å². The SMILES string of the molecule is COCCN(Cc1csc(-c2cn(CC3CCCCC3)c3c(OC)cccc23)n1)C(C)C. The molecule has 0 spiro atoms. The Morgan fingerprint density at radius 1 is 1.19 bits per heavy atom. The predicted molar refractivity (Wildman–Crippen MR) is 134 cm³/mol. The van der Waals surface area contributed by atoms with Crippen LogP contribution in [0.15, 0.2) is 29.8 Å². The van der Waals surface area contributed by atoms with Crippen molar-refractivity contribution < 1.29 is 9.47 Å². The highest BCUT2D eigenvalue weighted by Crippen LogP contribution is 2.38. The number of nitrogens with zero attached hydrogens (tertiary/aromatic N) is 3. The molecule has 0 saturated heterocycles. The minimum atomic E-state index is 0.456. The first kappa shape index (κ1) is 23.3. The molecule has 1 aliphatic carbocycles. The lowest BCUT2D eigenvalue weighted by molar-refractivity contribution is 0.124. The van der Waals surface area contributed by atoms with E-state index in [0.717, 1.165) is 48.6 Å². The molecule has 2 aromatic heterocycles. The molecule has 4 rings (SSSR count). The summed E-state index contributed by atoms with van der Waals surface area (Å²) in [6.45, 7) is 8.03. The molecule has 0 aliphatic heterocycles. The lowest BCUT2D eigenvalue weighted by Gasteiger charge is -2.25. The zero-order valence-corrected chi connectivity index (χ0v) is 20.8. The highest BCUT2D eigenvalue weighted by atomic mass is 32.1. The summed E-state index contributed by atoms with van der Waals surface area (Å²) in [5.41, 5.74) is 3.56. The van der Waals surface area contributed by atoms with Gasteiger partial charge in [0.25, 0.3) is 0 Å². The van der Waals surface area contributed by atoms with Gasteiger partial charge in [0.2, 0.25) is 0 Å². The Hall–Kier alpha value is -1.89. The Morgan fingerprint density at radius 2 is 2.00 bits per heavy atom. The van der Waals surface area contributed by atoms with Gasteiger partial charge in [0.1, 0.15) is 10.8 Å². The predicted octanol–water partition coefficient (Wildman–Crippen LogP) is 6.21. The van der Waals surface area contributed by atoms with Gasteiger partial charge < -0.3 is 14.0 Å². The fourth-order valence-corrected chi connectivity index (χ4v) is 5.73. The van der Waals surface area contributed by atoms with Gasteiger partial charge in [-0.1, -0.05) is 31.4 Å². The molecule has 1 fully saturated rings. The molecule has 0 N–H and O–H groups in total. The van der Waals surface area contributed by atoms with Crippen molar-refractivity contribution in [3.63, 3.8) is 0 Å².